The van der Waals surface area contributed by atoms with Crippen LogP contribution in [0, 0.1) is 11.3 Å². The van der Waals surface area contributed by atoms with E-state index in [1.807, 2.05) is 6.07 Å². The molecule has 0 radical (unpaired) electrons. The van der Waals surface area contributed by atoms with Crippen LogP contribution in [0.1, 0.15) is 17.7 Å². The summed E-state index contributed by atoms with van der Waals surface area (Å²) < 4.78 is 25.4. The summed E-state index contributed by atoms with van der Waals surface area (Å²) in [6.45, 7) is -0.210. The van der Waals surface area contributed by atoms with Crippen molar-refractivity contribution in [1.29, 1.82) is 5.26 Å². The van der Waals surface area contributed by atoms with Gasteiger partial charge in [-0.3, -0.25) is 4.79 Å². The highest BCUT2D eigenvalue weighted by molar-refractivity contribution is 7.91. The van der Waals surface area contributed by atoms with Crippen molar-refractivity contribution in [2.75, 3.05) is 13.6 Å². The highest BCUT2D eigenvalue weighted by atomic mass is 32.2. The zero-order valence-corrected chi connectivity index (χ0v) is 11.9. The van der Waals surface area contributed by atoms with Crippen LogP contribution in [0.25, 0.3) is 0 Å². The van der Waals surface area contributed by atoms with Gasteiger partial charge in [0.2, 0.25) is 5.91 Å². The molecule has 1 aliphatic rings. The van der Waals surface area contributed by atoms with E-state index in [9.17, 15) is 13.2 Å². The molecule has 19 heavy (non-hydrogen) atoms. The fourth-order valence-corrected chi connectivity index (χ4v) is 3.90. The molecule has 0 atom stereocenters. The van der Waals surface area contributed by atoms with E-state index in [2.05, 4.69) is 5.32 Å². The molecule has 1 N–H and O–H groups in total. The number of sulfonamides is 1. The third-order valence-electron chi connectivity index (χ3n) is 2.66. The number of amides is 1. The van der Waals surface area contributed by atoms with Crippen molar-refractivity contribution in [3.63, 3.8) is 0 Å². The number of nitrogens with one attached hydrogen (secondary N) is 1. The second-order valence-electron chi connectivity index (χ2n) is 4.33. The van der Waals surface area contributed by atoms with Gasteiger partial charge in [0.25, 0.3) is 10.0 Å². The molecule has 1 saturated carbocycles. The summed E-state index contributed by atoms with van der Waals surface area (Å²) in [4.78, 5) is 11.9. The van der Waals surface area contributed by atoms with Gasteiger partial charge in [-0.2, -0.15) is 9.57 Å². The molecule has 0 aliphatic heterocycles. The first-order valence-electron chi connectivity index (χ1n) is 5.69. The minimum absolute atomic E-state index is 0.0748. The van der Waals surface area contributed by atoms with Crippen LogP contribution < -0.4 is 5.32 Å². The lowest BCUT2D eigenvalue weighted by Crippen LogP contribution is -2.38. The number of rotatable bonds is 5. The first-order valence-corrected chi connectivity index (χ1v) is 7.95. The number of hydrogen-bond donors (Lipinski definition) is 1. The van der Waals surface area contributed by atoms with Crippen molar-refractivity contribution < 1.29 is 13.2 Å². The quantitative estimate of drug-likeness (QED) is 0.858. The van der Waals surface area contributed by atoms with Crippen molar-refractivity contribution in [1.82, 2.24) is 9.62 Å². The topological polar surface area (TPSA) is 90.3 Å². The van der Waals surface area contributed by atoms with Crippen molar-refractivity contribution in [3.8, 4) is 6.07 Å². The molecule has 1 heterocycles. The van der Waals surface area contributed by atoms with Crippen LogP contribution in [-0.4, -0.2) is 38.3 Å². The van der Waals surface area contributed by atoms with E-state index in [0.29, 0.717) is 4.88 Å². The molecule has 8 heteroatoms. The van der Waals surface area contributed by atoms with Gasteiger partial charge < -0.3 is 5.32 Å². The Labute approximate surface area is 115 Å². The lowest BCUT2D eigenvalue weighted by atomic mass is 10.5. The smallest absolute Gasteiger partial charge is 0.252 e. The van der Waals surface area contributed by atoms with Crippen molar-refractivity contribution in [3.05, 3.63) is 17.0 Å². The molecule has 0 aromatic carbocycles. The second kappa shape index (κ2) is 5.28. The van der Waals surface area contributed by atoms with Crippen LogP contribution in [-0.2, 0) is 14.8 Å². The molecular formula is C11H13N3O3S2. The Bertz CT molecular complexity index is 626. The van der Waals surface area contributed by atoms with E-state index in [-0.39, 0.29) is 22.7 Å². The first-order chi connectivity index (χ1) is 8.93. The molecule has 0 unspecified atom stereocenters. The predicted octanol–water partition coefficient (Wildman–Crippen LogP) is 0.519. The second-order valence-corrected chi connectivity index (χ2v) is 7.69. The van der Waals surface area contributed by atoms with Crippen molar-refractivity contribution in [2.24, 2.45) is 0 Å². The molecular weight excluding hydrogens is 286 g/mol. The Hall–Kier alpha value is -1.43. The summed E-state index contributed by atoms with van der Waals surface area (Å²) in [5.74, 6) is -0.300. The molecule has 1 aromatic heterocycles. The molecule has 102 valence electrons. The number of nitriles is 1. The van der Waals surface area contributed by atoms with Crippen LogP contribution in [0.5, 0.6) is 0 Å². The first kappa shape index (κ1) is 14.0. The SMILES string of the molecule is CN(CC(=O)NC1CC1)S(=O)(=O)c1ccc(C#N)s1. The standard InChI is InChI=1S/C11H13N3O3S2/c1-14(7-10(15)13-8-2-3-8)19(16,17)11-5-4-9(6-12)18-11/h4-5,8H,2-3,7H2,1H3,(H,13,15). The van der Waals surface area contributed by atoms with E-state index in [4.69, 9.17) is 5.26 Å². The normalized spacial score (nSPS) is 15.2. The number of hydrogen-bond acceptors (Lipinski definition) is 5. The van der Waals surface area contributed by atoms with Gasteiger partial charge in [0.15, 0.2) is 0 Å². The number of thiophene rings is 1. The van der Waals surface area contributed by atoms with Gasteiger partial charge in [0, 0.05) is 13.1 Å². The van der Waals surface area contributed by atoms with Crippen molar-refractivity contribution >= 4 is 27.3 Å². The Morgan fingerprint density at radius 1 is 1.58 bits per heavy atom. The summed E-state index contributed by atoms with van der Waals surface area (Å²) in [6, 6.07) is 4.93. The fourth-order valence-electron chi connectivity index (χ4n) is 1.46. The van der Waals surface area contributed by atoms with E-state index in [1.54, 1.807) is 0 Å². The summed E-state index contributed by atoms with van der Waals surface area (Å²) >= 11 is 0.899. The van der Waals surface area contributed by atoms with Crippen LogP contribution in [0.4, 0.5) is 0 Å². The lowest BCUT2D eigenvalue weighted by Gasteiger charge is -2.15. The van der Waals surface area contributed by atoms with Crippen molar-refractivity contribution in [2.45, 2.75) is 23.1 Å². The Kier molecular flexibility index (Phi) is 3.89. The van der Waals surface area contributed by atoms with E-state index < -0.39 is 10.0 Å². The zero-order chi connectivity index (χ0) is 14.0. The largest absolute Gasteiger partial charge is 0.352 e. The third kappa shape index (κ3) is 3.32. The Morgan fingerprint density at radius 2 is 2.26 bits per heavy atom. The molecule has 1 aromatic rings. The minimum Gasteiger partial charge on any atom is -0.352 e. The molecule has 2 rings (SSSR count). The zero-order valence-electron chi connectivity index (χ0n) is 10.3. The van der Waals surface area contributed by atoms with Gasteiger partial charge in [0.1, 0.15) is 15.2 Å². The average Bonchev–Trinajstić information content (AvgIpc) is 3.02. The van der Waals surface area contributed by atoms with Crippen LogP contribution in [0.2, 0.25) is 0 Å². The van der Waals surface area contributed by atoms with E-state index in [1.165, 1.54) is 19.2 Å². The summed E-state index contributed by atoms with van der Waals surface area (Å²) in [5.41, 5.74) is 0. The number of carbonyl (C=O) groups is 1. The number of carbonyl (C=O) groups excluding carboxylic acids is 1. The molecule has 0 spiro atoms. The molecule has 1 fully saturated rings. The Balaban J connectivity index is 2.05. The molecule has 1 aliphatic carbocycles. The lowest BCUT2D eigenvalue weighted by molar-refractivity contribution is -0.121. The maximum atomic E-state index is 12.1. The average molecular weight is 299 g/mol. The van der Waals surface area contributed by atoms with E-state index in [0.717, 1.165) is 28.5 Å². The van der Waals surface area contributed by atoms with Gasteiger partial charge in [-0.05, 0) is 25.0 Å². The number of nitrogens with zero attached hydrogens (tertiary/aromatic N) is 2. The molecule has 6 nitrogen and oxygen atoms in total. The fraction of sp³-hybridized carbons (Fsp3) is 0.455. The highest BCUT2D eigenvalue weighted by Crippen LogP contribution is 2.23. The van der Waals surface area contributed by atoms with E-state index >= 15 is 0 Å². The van der Waals surface area contributed by atoms with Gasteiger partial charge in [-0.25, -0.2) is 8.42 Å². The van der Waals surface area contributed by atoms with Gasteiger partial charge >= 0.3 is 0 Å². The summed E-state index contributed by atoms with van der Waals surface area (Å²) in [6.07, 6.45) is 1.91. The maximum Gasteiger partial charge on any atom is 0.252 e. The summed E-state index contributed by atoms with van der Waals surface area (Å²) in [7, 11) is -2.34. The number of likely N-dealkylation sites (N-methyl/N-ethyl adjacent to an activating group) is 1. The third-order valence-corrected chi connectivity index (χ3v) is 5.93. The Morgan fingerprint density at radius 3 is 2.79 bits per heavy atom. The minimum atomic E-state index is -3.70. The van der Waals surface area contributed by atoms with Crippen LogP contribution >= 0.6 is 11.3 Å². The van der Waals surface area contributed by atoms with Crippen LogP contribution in [0.15, 0.2) is 16.3 Å². The summed E-state index contributed by atoms with van der Waals surface area (Å²) in [5, 5.41) is 11.4. The van der Waals surface area contributed by atoms with Gasteiger partial charge in [-0.1, -0.05) is 0 Å². The van der Waals surface area contributed by atoms with Crippen LogP contribution in [0.3, 0.4) is 0 Å². The van der Waals surface area contributed by atoms with Gasteiger partial charge in [0.05, 0.1) is 6.54 Å². The molecule has 0 saturated heterocycles. The van der Waals surface area contributed by atoms with Gasteiger partial charge in [-0.15, -0.1) is 11.3 Å². The highest BCUT2D eigenvalue weighted by Gasteiger charge is 2.28. The monoisotopic (exact) mass is 299 g/mol. The maximum absolute atomic E-state index is 12.1. The predicted molar refractivity (Wildman–Crippen MR) is 70.0 cm³/mol. The molecule has 0 bridgehead atoms. The molecule has 1 amide bonds.